The molecule has 0 saturated heterocycles. The number of rotatable bonds is 7. The van der Waals surface area contributed by atoms with Crippen molar-refractivity contribution < 1.29 is 39.0 Å². The van der Waals surface area contributed by atoms with Crippen LogP contribution in [0.2, 0.25) is 0 Å². The molecule has 4 aliphatic rings. The number of carbonyl (C=O) groups is 1. The summed E-state index contributed by atoms with van der Waals surface area (Å²) in [6.07, 6.45) is 5.01. The van der Waals surface area contributed by atoms with Crippen molar-refractivity contribution in [1.82, 2.24) is 0 Å². The van der Waals surface area contributed by atoms with E-state index in [1.54, 1.807) is 19.9 Å². The van der Waals surface area contributed by atoms with Crippen molar-refractivity contribution in [3.63, 3.8) is 0 Å². The number of ketones is 1. The number of allylic oxidation sites excluding steroid dienone is 2. The van der Waals surface area contributed by atoms with E-state index in [0.717, 1.165) is 31.3 Å². The number of phosphoric ester groups is 1. The van der Waals surface area contributed by atoms with Gasteiger partial charge in [0.1, 0.15) is 0 Å². The summed E-state index contributed by atoms with van der Waals surface area (Å²) in [5.41, 5.74) is -0.384. The van der Waals surface area contributed by atoms with Crippen LogP contribution in [0.3, 0.4) is 0 Å². The fourth-order valence-corrected chi connectivity index (χ4v) is 8.89. The lowest BCUT2D eigenvalue weighted by Gasteiger charge is -2.57. The third kappa shape index (κ3) is 5.22. The Morgan fingerprint density at radius 3 is 2.37 bits per heavy atom. The molecule has 3 saturated carbocycles. The first kappa shape index (κ1) is 27.4. The fraction of sp³-hybridized carbons (Fsp3) is 0.885. The topological polar surface area (TPSA) is 145 Å². The summed E-state index contributed by atoms with van der Waals surface area (Å²) in [7, 11) is -4.70. The van der Waals surface area contributed by atoms with Crippen molar-refractivity contribution in [2.75, 3.05) is 0 Å². The summed E-state index contributed by atoms with van der Waals surface area (Å²) in [6, 6.07) is 0. The van der Waals surface area contributed by atoms with Gasteiger partial charge in [-0.1, -0.05) is 19.4 Å². The molecule has 0 heterocycles. The van der Waals surface area contributed by atoms with Crippen LogP contribution >= 0.6 is 7.82 Å². The van der Waals surface area contributed by atoms with Crippen LogP contribution in [0.15, 0.2) is 11.6 Å². The summed E-state index contributed by atoms with van der Waals surface area (Å²) in [5.74, 6) is -0.0489. The molecule has 0 aliphatic heterocycles. The minimum Gasteiger partial charge on any atom is -0.390 e. The molecule has 9 heteroatoms. The van der Waals surface area contributed by atoms with Gasteiger partial charge in [0.2, 0.25) is 0 Å². The number of hydrogen-bond acceptors (Lipinski definition) is 6. The molecule has 0 aromatic rings. The lowest BCUT2D eigenvalue weighted by Crippen LogP contribution is -2.56. The van der Waals surface area contributed by atoms with Gasteiger partial charge in [0.05, 0.1) is 23.9 Å². The second kappa shape index (κ2) is 9.30. The highest BCUT2D eigenvalue weighted by Gasteiger charge is 2.61. The standard InChI is InChI=1S/C26H43O8P/c1-24(2,30)10-5-6-23(34-35(31,32)33)18-8-7-16-15-12-20(27)19-13-21(28)22(29)14-26(19,4)17(15)9-11-25(16,18)3/h12,16-19,21-23,28-30H,5-11,13-14H2,1-4H3,(H2,31,32,33). The van der Waals surface area contributed by atoms with E-state index in [2.05, 4.69) is 13.8 Å². The molecule has 9 unspecified atom stereocenters. The van der Waals surface area contributed by atoms with Crippen molar-refractivity contribution in [2.24, 2.45) is 34.5 Å². The number of aliphatic hydroxyl groups is 3. The zero-order chi connectivity index (χ0) is 26.0. The summed E-state index contributed by atoms with van der Waals surface area (Å²) in [4.78, 5) is 32.6. The molecule has 5 N–H and O–H groups in total. The smallest absolute Gasteiger partial charge is 0.390 e. The van der Waals surface area contributed by atoms with Crippen molar-refractivity contribution in [1.29, 1.82) is 0 Å². The van der Waals surface area contributed by atoms with Crippen LogP contribution < -0.4 is 0 Å². The molecule has 4 rings (SSSR count). The van der Waals surface area contributed by atoms with Gasteiger partial charge in [-0.3, -0.25) is 9.32 Å². The number of hydrogen-bond donors (Lipinski definition) is 5. The van der Waals surface area contributed by atoms with E-state index in [4.69, 9.17) is 4.52 Å². The zero-order valence-corrected chi connectivity index (χ0v) is 22.3. The Balaban J connectivity index is 1.61. The van der Waals surface area contributed by atoms with Gasteiger partial charge >= 0.3 is 7.82 Å². The van der Waals surface area contributed by atoms with E-state index in [9.17, 15) is 34.5 Å². The molecule has 0 aromatic heterocycles. The van der Waals surface area contributed by atoms with Crippen molar-refractivity contribution in [3.05, 3.63) is 11.6 Å². The Kier molecular flexibility index (Phi) is 7.29. The maximum atomic E-state index is 13.3. The second-order valence-electron chi connectivity index (χ2n) is 12.9. The van der Waals surface area contributed by atoms with Crippen LogP contribution in [0.4, 0.5) is 0 Å². The molecule has 35 heavy (non-hydrogen) atoms. The van der Waals surface area contributed by atoms with E-state index < -0.39 is 37.2 Å². The van der Waals surface area contributed by atoms with Gasteiger partial charge in [0.15, 0.2) is 5.78 Å². The minimum atomic E-state index is -4.70. The number of aliphatic hydroxyl groups excluding tert-OH is 2. The Morgan fingerprint density at radius 1 is 1.09 bits per heavy atom. The Bertz CT molecular complexity index is 906. The quantitative estimate of drug-likeness (QED) is 0.325. The first-order valence-corrected chi connectivity index (χ1v) is 14.7. The third-order valence-corrected chi connectivity index (χ3v) is 10.5. The van der Waals surface area contributed by atoms with E-state index in [0.29, 0.717) is 32.1 Å². The molecule has 8 nitrogen and oxygen atoms in total. The van der Waals surface area contributed by atoms with E-state index in [1.807, 2.05) is 0 Å². The van der Waals surface area contributed by atoms with Gasteiger partial charge in [0, 0.05) is 5.92 Å². The summed E-state index contributed by atoms with van der Waals surface area (Å²) in [5, 5.41) is 30.8. The predicted molar refractivity (Wildman–Crippen MR) is 130 cm³/mol. The number of carbonyl (C=O) groups excluding carboxylic acids is 1. The molecule has 0 bridgehead atoms. The maximum Gasteiger partial charge on any atom is 0.469 e. The maximum absolute atomic E-state index is 13.3. The average molecular weight is 515 g/mol. The number of phosphoric acid groups is 1. The van der Waals surface area contributed by atoms with Gasteiger partial charge in [-0.2, -0.15) is 0 Å². The lowest BCUT2D eigenvalue weighted by atomic mass is 9.47. The van der Waals surface area contributed by atoms with Crippen LogP contribution in [0.1, 0.15) is 85.5 Å². The Hall–Kier alpha value is -0.600. The summed E-state index contributed by atoms with van der Waals surface area (Å²) < 4.78 is 17.3. The van der Waals surface area contributed by atoms with E-state index in [1.165, 1.54) is 0 Å². The minimum absolute atomic E-state index is 0.0330. The largest absolute Gasteiger partial charge is 0.469 e. The SMILES string of the molecule is CC(C)(O)CCCC(OP(=O)(O)O)C1CCC2C3=CC(=O)C4CC(O)C(O)CC4(C)C3CCC21C. The number of fused-ring (bicyclic) bond motifs is 5. The predicted octanol–water partition coefficient (Wildman–Crippen LogP) is 3.50. The van der Waals surface area contributed by atoms with Crippen LogP contribution in [0, 0.1) is 34.5 Å². The molecular weight excluding hydrogens is 471 g/mol. The molecule has 3 fully saturated rings. The molecule has 4 aliphatic carbocycles. The lowest BCUT2D eigenvalue weighted by molar-refractivity contribution is -0.143. The fourth-order valence-electron chi connectivity index (χ4n) is 8.29. The molecule has 0 radical (unpaired) electrons. The molecule has 9 atom stereocenters. The highest BCUT2D eigenvalue weighted by Crippen LogP contribution is 2.66. The average Bonchev–Trinajstić information content (AvgIpc) is 3.05. The third-order valence-electron chi connectivity index (χ3n) is 10.00. The van der Waals surface area contributed by atoms with Crippen LogP contribution in [-0.4, -0.2) is 54.8 Å². The van der Waals surface area contributed by atoms with Gasteiger partial charge < -0.3 is 25.1 Å². The highest BCUT2D eigenvalue weighted by atomic mass is 31.2. The highest BCUT2D eigenvalue weighted by molar-refractivity contribution is 7.46. The zero-order valence-electron chi connectivity index (χ0n) is 21.4. The van der Waals surface area contributed by atoms with Crippen LogP contribution in [0.5, 0.6) is 0 Å². The van der Waals surface area contributed by atoms with Crippen LogP contribution in [-0.2, 0) is 13.9 Å². The first-order valence-electron chi connectivity index (χ1n) is 13.1. The monoisotopic (exact) mass is 514 g/mol. The second-order valence-corrected chi connectivity index (χ2v) is 14.0. The molecule has 0 aromatic carbocycles. The van der Waals surface area contributed by atoms with Gasteiger partial charge in [-0.05, 0) is 106 Å². The van der Waals surface area contributed by atoms with Gasteiger partial charge in [0.25, 0.3) is 0 Å². The molecule has 0 amide bonds. The van der Waals surface area contributed by atoms with Crippen molar-refractivity contribution in [2.45, 2.75) is 109 Å². The molecular formula is C26H43O8P. The van der Waals surface area contributed by atoms with Gasteiger partial charge in [-0.15, -0.1) is 0 Å². The van der Waals surface area contributed by atoms with E-state index in [-0.39, 0.29) is 34.9 Å². The molecule has 200 valence electrons. The molecule has 0 spiro atoms. The van der Waals surface area contributed by atoms with Crippen molar-refractivity contribution in [3.8, 4) is 0 Å². The summed E-state index contributed by atoms with van der Waals surface area (Å²) in [6.45, 7) is 7.72. The van der Waals surface area contributed by atoms with Gasteiger partial charge in [-0.25, -0.2) is 4.57 Å². The summed E-state index contributed by atoms with van der Waals surface area (Å²) >= 11 is 0. The van der Waals surface area contributed by atoms with E-state index >= 15 is 0 Å². The Labute approximate surface area is 208 Å². The first-order chi connectivity index (χ1) is 16.1. The normalized spacial score (nSPS) is 42.7. The Morgan fingerprint density at radius 2 is 1.74 bits per heavy atom. The van der Waals surface area contributed by atoms with Crippen LogP contribution in [0.25, 0.3) is 0 Å². The van der Waals surface area contributed by atoms with Crippen molar-refractivity contribution >= 4 is 13.6 Å².